The second kappa shape index (κ2) is 6.54. The van der Waals surface area contributed by atoms with Crippen LogP contribution in [0.5, 0.6) is 0 Å². The van der Waals surface area contributed by atoms with Crippen molar-refractivity contribution in [2.24, 2.45) is 0 Å². The van der Waals surface area contributed by atoms with Gasteiger partial charge in [-0.2, -0.15) is 0 Å². The first-order valence-corrected chi connectivity index (χ1v) is 5.54. The molecule has 2 heteroatoms. The van der Waals surface area contributed by atoms with E-state index in [1.165, 1.54) is 6.07 Å². The highest BCUT2D eigenvalue weighted by Crippen LogP contribution is 2.24. The van der Waals surface area contributed by atoms with Gasteiger partial charge in [-0.15, -0.1) is 0 Å². The third-order valence-electron chi connectivity index (χ3n) is 2.14. The first-order chi connectivity index (χ1) is 7.06. The Bertz CT molecular complexity index is 304. The lowest BCUT2D eigenvalue weighted by Gasteiger charge is -2.12. The second-order valence-corrected chi connectivity index (χ2v) is 3.47. The maximum atomic E-state index is 13.3. The van der Waals surface area contributed by atoms with Crippen LogP contribution in [0.4, 0.5) is 8.78 Å². The summed E-state index contributed by atoms with van der Waals surface area (Å²) >= 11 is 0. The van der Waals surface area contributed by atoms with Crippen molar-refractivity contribution in [3.8, 4) is 0 Å². The molecule has 0 aromatic heterocycles. The second-order valence-electron chi connectivity index (χ2n) is 3.47. The maximum Gasteiger partial charge on any atom is 0.129 e. The third-order valence-corrected chi connectivity index (χ3v) is 2.14. The molecule has 0 heterocycles. The van der Waals surface area contributed by atoms with Crippen LogP contribution in [-0.4, -0.2) is 0 Å². The zero-order valence-electron chi connectivity index (χ0n) is 10.2. The third kappa shape index (κ3) is 3.61. The van der Waals surface area contributed by atoms with Gasteiger partial charge in [0.1, 0.15) is 11.6 Å². The van der Waals surface area contributed by atoms with Crippen LogP contribution in [0.3, 0.4) is 0 Å². The summed E-state index contributed by atoms with van der Waals surface area (Å²) in [7, 11) is 0. The molecule has 0 N–H and O–H groups in total. The van der Waals surface area contributed by atoms with Crippen molar-refractivity contribution in [2.75, 3.05) is 0 Å². The van der Waals surface area contributed by atoms with Crippen molar-refractivity contribution in [2.45, 2.75) is 47.0 Å². The van der Waals surface area contributed by atoms with Crippen molar-refractivity contribution in [1.82, 2.24) is 0 Å². The van der Waals surface area contributed by atoms with Crippen LogP contribution >= 0.6 is 0 Å². The van der Waals surface area contributed by atoms with E-state index in [4.69, 9.17) is 0 Å². The molecular weight excluding hydrogens is 194 g/mol. The van der Waals surface area contributed by atoms with E-state index in [-0.39, 0.29) is 5.92 Å². The van der Waals surface area contributed by atoms with Gasteiger partial charge >= 0.3 is 0 Å². The molecule has 0 unspecified atom stereocenters. The predicted molar refractivity (Wildman–Crippen MR) is 61.2 cm³/mol. The minimum absolute atomic E-state index is 0.107. The highest BCUT2D eigenvalue weighted by atomic mass is 19.1. The van der Waals surface area contributed by atoms with Gasteiger partial charge in [0.2, 0.25) is 0 Å². The first-order valence-electron chi connectivity index (χ1n) is 5.54. The van der Waals surface area contributed by atoms with Gasteiger partial charge in [0.25, 0.3) is 0 Å². The summed E-state index contributed by atoms with van der Waals surface area (Å²) in [5.41, 5.74) is 1.41. The molecule has 0 fully saturated rings. The average Bonchev–Trinajstić information content (AvgIpc) is 2.18. The molecule has 1 aromatic rings. The fraction of sp³-hybridized carbons (Fsp3) is 0.538. The molecule has 0 aliphatic heterocycles. The summed E-state index contributed by atoms with van der Waals surface area (Å²) in [4.78, 5) is 0. The average molecular weight is 214 g/mol. The number of hydrogen-bond donors (Lipinski definition) is 0. The Balaban J connectivity index is 0.000000921. The number of halogens is 2. The van der Waals surface area contributed by atoms with E-state index in [0.29, 0.717) is 12.0 Å². The lowest BCUT2D eigenvalue weighted by atomic mass is 9.95. The molecule has 0 aliphatic carbocycles. The summed E-state index contributed by atoms with van der Waals surface area (Å²) < 4.78 is 26.1. The van der Waals surface area contributed by atoms with E-state index < -0.39 is 11.6 Å². The van der Waals surface area contributed by atoms with Crippen LogP contribution in [-0.2, 0) is 6.42 Å². The zero-order valence-corrected chi connectivity index (χ0v) is 10.2. The molecular formula is C13H20F2. The number of rotatable bonds is 2. The van der Waals surface area contributed by atoms with Crippen LogP contribution in [0.1, 0.15) is 51.7 Å². The lowest BCUT2D eigenvalue weighted by molar-refractivity contribution is 0.560. The standard InChI is InChI=1S/C11H14F2.C2H6/c1-4-8-5-9(12)6-10(13)11(8)7(2)3;1-2/h5-7H,4H2,1-3H3;1-2H3. The molecule has 0 spiro atoms. The quantitative estimate of drug-likeness (QED) is 0.670. The number of benzene rings is 1. The van der Waals surface area contributed by atoms with Crippen LogP contribution in [0.25, 0.3) is 0 Å². The monoisotopic (exact) mass is 214 g/mol. The SMILES string of the molecule is CC.CCc1cc(F)cc(F)c1C(C)C. The van der Waals surface area contributed by atoms with E-state index in [0.717, 1.165) is 11.6 Å². The highest BCUT2D eigenvalue weighted by Gasteiger charge is 2.12. The molecule has 0 nitrogen and oxygen atoms in total. The molecule has 0 aliphatic rings. The van der Waals surface area contributed by atoms with Gasteiger partial charge in [-0.25, -0.2) is 8.78 Å². The van der Waals surface area contributed by atoms with Gasteiger partial charge in [0.05, 0.1) is 0 Å². The fourth-order valence-electron chi connectivity index (χ4n) is 1.58. The Labute approximate surface area is 91.3 Å². The van der Waals surface area contributed by atoms with Crippen LogP contribution in [0.15, 0.2) is 12.1 Å². The van der Waals surface area contributed by atoms with Crippen molar-refractivity contribution >= 4 is 0 Å². The van der Waals surface area contributed by atoms with Gasteiger partial charge in [-0.3, -0.25) is 0 Å². The summed E-state index contributed by atoms with van der Waals surface area (Å²) in [6, 6.07) is 2.37. The van der Waals surface area contributed by atoms with Gasteiger partial charge in [-0.05, 0) is 29.5 Å². The lowest BCUT2D eigenvalue weighted by Crippen LogP contribution is -2.00. The molecule has 15 heavy (non-hydrogen) atoms. The zero-order chi connectivity index (χ0) is 12.0. The Morgan fingerprint density at radius 1 is 1.13 bits per heavy atom. The van der Waals surface area contributed by atoms with E-state index in [1.54, 1.807) is 0 Å². The van der Waals surface area contributed by atoms with E-state index in [9.17, 15) is 8.78 Å². The Morgan fingerprint density at radius 2 is 1.67 bits per heavy atom. The maximum absolute atomic E-state index is 13.3. The van der Waals surface area contributed by atoms with E-state index >= 15 is 0 Å². The fourth-order valence-corrected chi connectivity index (χ4v) is 1.58. The molecule has 0 radical (unpaired) electrons. The Kier molecular flexibility index (Phi) is 6.14. The molecule has 1 aromatic carbocycles. The summed E-state index contributed by atoms with van der Waals surface area (Å²) in [5.74, 6) is -0.804. The van der Waals surface area contributed by atoms with Gasteiger partial charge in [0, 0.05) is 6.07 Å². The molecule has 0 amide bonds. The normalized spacial score (nSPS) is 9.87. The summed E-state index contributed by atoms with van der Waals surface area (Å²) in [6.07, 6.45) is 0.669. The Morgan fingerprint density at radius 3 is 2.07 bits per heavy atom. The predicted octanol–water partition coefficient (Wildman–Crippen LogP) is 4.68. The van der Waals surface area contributed by atoms with Crippen LogP contribution in [0.2, 0.25) is 0 Å². The van der Waals surface area contributed by atoms with Crippen LogP contribution < -0.4 is 0 Å². The van der Waals surface area contributed by atoms with Crippen molar-refractivity contribution in [3.05, 3.63) is 34.9 Å². The minimum Gasteiger partial charge on any atom is -0.207 e. The van der Waals surface area contributed by atoms with Crippen molar-refractivity contribution in [3.63, 3.8) is 0 Å². The van der Waals surface area contributed by atoms with Gasteiger partial charge in [0.15, 0.2) is 0 Å². The van der Waals surface area contributed by atoms with E-state index in [2.05, 4.69) is 0 Å². The summed E-state index contributed by atoms with van der Waals surface area (Å²) in [5, 5.41) is 0. The van der Waals surface area contributed by atoms with Crippen molar-refractivity contribution < 1.29 is 8.78 Å². The molecule has 0 saturated heterocycles. The molecule has 1 rings (SSSR count). The molecule has 0 atom stereocenters. The number of aryl methyl sites for hydroxylation is 1. The largest absolute Gasteiger partial charge is 0.207 e. The highest BCUT2D eigenvalue weighted by molar-refractivity contribution is 5.31. The smallest absolute Gasteiger partial charge is 0.129 e. The van der Waals surface area contributed by atoms with Gasteiger partial charge in [-0.1, -0.05) is 34.6 Å². The van der Waals surface area contributed by atoms with Crippen LogP contribution in [0, 0.1) is 11.6 Å². The molecule has 0 saturated carbocycles. The van der Waals surface area contributed by atoms with Gasteiger partial charge < -0.3 is 0 Å². The van der Waals surface area contributed by atoms with Crippen molar-refractivity contribution in [1.29, 1.82) is 0 Å². The molecule has 0 bridgehead atoms. The number of hydrogen-bond acceptors (Lipinski definition) is 0. The first kappa shape index (κ1) is 14.1. The topological polar surface area (TPSA) is 0 Å². The Hall–Kier alpha value is -0.920. The minimum atomic E-state index is -0.487. The summed E-state index contributed by atoms with van der Waals surface area (Å²) in [6.45, 7) is 9.73. The molecule has 86 valence electrons. The van der Waals surface area contributed by atoms with E-state index in [1.807, 2.05) is 34.6 Å².